The van der Waals surface area contributed by atoms with E-state index >= 15 is 0 Å². The van der Waals surface area contributed by atoms with E-state index in [2.05, 4.69) is 0 Å². The Balaban J connectivity index is 1.84. The zero-order valence-electron chi connectivity index (χ0n) is 23.4. The number of phenols is 1. The predicted molar refractivity (Wildman–Crippen MR) is 170 cm³/mol. The van der Waals surface area contributed by atoms with Gasteiger partial charge in [-0.25, -0.2) is 4.99 Å². The fourth-order valence-electron chi connectivity index (χ4n) is 5.27. The molecule has 2 heterocycles. The summed E-state index contributed by atoms with van der Waals surface area (Å²) in [4.78, 5) is 35.3. The molecule has 41 heavy (non-hydrogen) atoms. The number of hydrogen-bond acceptors (Lipinski definition) is 7. The summed E-state index contributed by atoms with van der Waals surface area (Å²) in [6.07, 6.45) is 1.76. The molecule has 0 saturated carbocycles. The van der Waals surface area contributed by atoms with Crippen molar-refractivity contribution in [2.75, 3.05) is 27.3 Å². The Morgan fingerprint density at radius 2 is 1.83 bits per heavy atom. The number of methoxy groups -OCH3 is 2. The fraction of sp³-hybridized carbons (Fsp3) is 0.258. The van der Waals surface area contributed by atoms with Crippen LogP contribution in [-0.4, -0.2) is 47.8 Å². The minimum Gasteiger partial charge on any atom is -0.504 e. The van der Waals surface area contributed by atoms with Gasteiger partial charge in [-0.2, -0.15) is 0 Å². The molecular weight excluding hydrogens is 653 g/mol. The van der Waals surface area contributed by atoms with Gasteiger partial charge in [0.25, 0.3) is 11.5 Å². The first-order valence-electron chi connectivity index (χ1n) is 13.2. The maximum Gasteiger partial charge on any atom is 0.271 e. The Hall–Kier alpha value is -3.64. The van der Waals surface area contributed by atoms with Crippen LogP contribution in [0.3, 0.4) is 0 Å². The molecule has 0 saturated heterocycles. The number of rotatable bonds is 7. The Morgan fingerprint density at radius 3 is 2.51 bits per heavy atom. The van der Waals surface area contributed by atoms with Gasteiger partial charge in [-0.3, -0.25) is 14.2 Å². The molecule has 1 aliphatic rings. The molecule has 4 aromatic rings. The lowest BCUT2D eigenvalue weighted by molar-refractivity contribution is -0.127. The van der Waals surface area contributed by atoms with Crippen LogP contribution in [0.25, 0.3) is 16.8 Å². The average molecular weight is 684 g/mol. The molecule has 1 amide bonds. The molecule has 3 aromatic carbocycles. The molecule has 0 fully saturated rings. The largest absolute Gasteiger partial charge is 0.504 e. The van der Waals surface area contributed by atoms with Gasteiger partial charge in [-0.1, -0.05) is 41.7 Å². The van der Waals surface area contributed by atoms with Crippen molar-refractivity contribution in [2.45, 2.75) is 26.8 Å². The van der Waals surface area contributed by atoms with Crippen molar-refractivity contribution in [1.82, 2.24) is 9.47 Å². The fourth-order valence-corrected chi connectivity index (χ4v) is 6.94. The zero-order chi connectivity index (χ0) is 29.4. The van der Waals surface area contributed by atoms with Gasteiger partial charge >= 0.3 is 0 Å². The first-order valence-corrected chi connectivity index (χ1v) is 15.1. The van der Waals surface area contributed by atoms with Crippen molar-refractivity contribution in [3.63, 3.8) is 0 Å². The molecule has 212 valence electrons. The topological polar surface area (TPSA) is 93.4 Å². The monoisotopic (exact) mass is 683 g/mol. The molecule has 1 aliphatic heterocycles. The van der Waals surface area contributed by atoms with Gasteiger partial charge in [0.15, 0.2) is 16.3 Å². The van der Waals surface area contributed by atoms with Crippen molar-refractivity contribution < 1.29 is 19.4 Å². The molecule has 0 spiro atoms. The van der Waals surface area contributed by atoms with Crippen LogP contribution in [0.2, 0.25) is 0 Å². The molecule has 1 aromatic heterocycles. The van der Waals surface area contributed by atoms with Crippen molar-refractivity contribution in [3.8, 4) is 17.2 Å². The molecular formula is C31H30IN3O5S. The number of aromatic nitrogens is 1. The number of carbonyl (C=O) groups excluding carboxylic acids is 1. The maximum atomic E-state index is 14.2. The maximum absolute atomic E-state index is 14.2. The highest BCUT2D eigenvalue weighted by Gasteiger charge is 2.36. The molecule has 1 N–H and O–H groups in total. The van der Waals surface area contributed by atoms with Gasteiger partial charge in [0, 0.05) is 18.7 Å². The third kappa shape index (κ3) is 5.03. The third-order valence-electron chi connectivity index (χ3n) is 7.30. The van der Waals surface area contributed by atoms with Gasteiger partial charge < -0.3 is 19.5 Å². The van der Waals surface area contributed by atoms with Crippen molar-refractivity contribution in [1.29, 1.82) is 0 Å². The number of benzene rings is 3. The lowest BCUT2D eigenvalue weighted by Crippen LogP contribution is -2.43. The lowest BCUT2D eigenvalue weighted by Gasteiger charge is -2.30. The minimum absolute atomic E-state index is 0.0462. The van der Waals surface area contributed by atoms with Crippen molar-refractivity contribution >= 4 is 56.7 Å². The highest BCUT2D eigenvalue weighted by atomic mass is 127. The summed E-state index contributed by atoms with van der Waals surface area (Å²) in [5.74, 6) is 0.783. The predicted octanol–water partition coefficient (Wildman–Crippen LogP) is 4.58. The number of hydrogen-bond donors (Lipinski definition) is 1. The van der Waals surface area contributed by atoms with Crippen LogP contribution in [0.15, 0.2) is 69.6 Å². The van der Waals surface area contributed by atoms with E-state index in [1.165, 1.54) is 18.4 Å². The number of nitrogens with zero attached hydrogens (tertiary/aromatic N) is 3. The second-order valence-electron chi connectivity index (χ2n) is 9.52. The molecule has 0 radical (unpaired) electrons. The summed E-state index contributed by atoms with van der Waals surface area (Å²) in [6, 6.07) is 14.5. The summed E-state index contributed by atoms with van der Waals surface area (Å²) in [6.45, 7) is 6.75. The summed E-state index contributed by atoms with van der Waals surface area (Å²) in [5, 5.41) is 12.2. The number of likely N-dealkylation sites (N-methyl/N-ethyl adjacent to an activating group) is 1. The Kier molecular flexibility index (Phi) is 8.23. The molecule has 10 heteroatoms. The Labute approximate surface area is 255 Å². The van der Waals surface area contributed by atoms with Crippen molar-refractivity contribution in [3.05, 3.63) is 94.2 Å². The molecule has 5 rings (SSSR count). The van der Waals surface area contributed by atoms with Gasteiger partial charge in [0.05, 0.1) is 33.6 Å². The number of amides is 1. The number of carbonyl (C=O) groups is 1. The van der Waals surface area contributed by atoms with Crippen molar-refractivity contribution in [2.24, 2.45) is 4.99 Å². The Bertz CT molecular complexity index is 1890. The quantitative estimate of drug-likeness (QED) is 0.288. The normalized spacial score (nSPS) is 15.1. The first kappa shape index (κ1) is 28.9. The summed E-state index contributed by atoms with van der Waals surface area (Å²) < 4.78 is 13.8. The second-order valence-corrected chi connectivity index (χ2v) is 11.7. The zero-order valence-corrected chi connectivity index (χ0v) is 26.4. The minimum atomic E-state index is -0.753. The van der Waals surface area contributed by atoms with E-state index in [9.17, 15) is 14.7 Å². The van der Waals surface area contributed by atoms with E-state index in [0.29, 0.717) is 54.3 Å². The summed E-state index contributed by atoms with van der Waals surface area (Å²) >= 11 is 3.29. The van der Waals surface area contributed by atoms with E-state index in [-0.39, 0.29) is 17.2 Å². The van der Waals surface area contributed by atoms with Crippen LogP contribution >= 0.6 is 33.9 Å². The average Bonchev–Trinajstić information content (AvgIpc) is 3.27. The summed E-state index contributed by atoms with van der Waals surface area (Å²) in [5.41, 5.74) is 2.18. The third-order valence-corrected chi connectivity index (χ3v) is 9.10. The molecule has 1 atom stereocenters. The molecule has 0 bridgehead atoms. The standard InChI is InChI=1S/C31H30IN3O5S/c1-6-34(7-2)30(38)25-17(3)33-31-35(27(25)26-20-11-9-8-10-19(20)12-13-22(26)39-4)29(37)24(41-31)16-18-14-21(32)28(36)23(15-18)40-5/h8-16,27,36H,6-7H2,1-5H3/b24-16+/t27-/m0/s1. The number of phenolic OH excluding ortho intramolecular Hbond substituents is 1. The number of thiazole rings is 1. The number of allylic oxidation sites excluding steroid dienone is 1. The van der Waals surface area contributed by atoms with E-state index in [1.54, 1.807) is 34.8 Å². The van der Waals surface area contributed by atoms with E-state index in [4.69, 9.17) is 14.5 Å². The smallest absolute Gasteiger partial charge is 0.271 e. The van der Waals surface area contributed by atoms with Crippen LogP contribution in [-0.2, 0) is 4.79 Å². The Morgan fingerprint density at radius 1 is 1.12 bits per heavy atom. The van der Waals surface area contributed by atoms with E-state index in [1.807, 2.05) is 79.8 Å². The molecule has 8 nitrogen and oxygen atoms in total. The van der Waals surface area contributed by atoms with Gasteiger partial charge in [0.2, 0.25) is 0 Å². The number of ether oxygens (including phenoxy) is 2. The van der Waals surface area contributed by atoms with Crippen LogP contribution < -0.4 is 24.4 Å². The highest BCUT2D eigenvalue weighted by Crippen LogP contribution is 2.40. The number of fused-ring (bicyclic) bond motifs is 2. The SMILES string of the molecule is CCN(CC)C(=O)C1=C(C)N=c2s/c(=C/c3cc(I)c(O)c(OC)c3)c(=O)n2[C@@H]1c1c(OC)ccc2ccccc12. The van der Waals surface area contributed by atoms with Crippen LogP contribution in [0.5, 0.6) is 17.2 Å². The molecule has 0 aliphatic carbocycles. The molecule has 0 unspecified atom stereocenters. The van der Waals surface area contributed by atoms with Crippen LogP contribution in [0.4, 0.5) is 0 Å². The van der Waals surface area contributed by atoms with E-state index in [0.717, 1.165) is 16.3 Å². The van der Waals surface area contributed by atoms with Gasteiger partial charge in [-0.05, 0) is 84.0 Å². The summed E-state index contributed by atoms with van der Waals surface area (Å²) in [7, 11) is 3.08. The van der Waals surface area contributed by atoms with Gasteiger partial charge in [-0.15, -0.1) is 0 Å². The highest BCUT2D eigenvalue weighted by molar-refractivity contribution is 14.1. The lowest BCUT2D eigenvalue weighted by atomic mass is 9.90. The second kappa shape index (κ2) is 11.7. The van der Waals surface area contributed by atoms with E-state index < -0.39 is 6.04 Å². The first-order chi connectivity index (χ1) is 19.7. The van der Waals surface area contributed by atoms with Crippen LogP contribution in [0.1, 0.15) is 37.9 Å². The number of aromatic hydroxyl groups is 1. The van der Waals surface area contributed by atoms with Crippen LogP contribution in [0, 0.1) is 3.57 Å². The number of halogens is 1. The van der Waals surface area contributed by atoms with Gasteiger partial charge in [0.1, 0.15) is 11.8 Å².